The highest BCUT2D eigenvalue weighted by Crippen LogP contribution is 2.45. The van der Waals surface area contributed by atoms with Crippen molar-refractivity contribution < 1.29 is 24.1 Å². The Balaban J connectivity index is 1.54. The minimum atomic E-state index is -1.58. The van der Waals surface area contributed by atoms with E-state index in [4.69, 9.17) is 53.0 Å². The van der Waals surface area contributed by atoms with Gasteiger partial charge in [0.15, 0.2) is 11.6 Å². The van der Waals surface area contributed by atoms with Gasteiger partial charge in [0.05, 0.1) is 20.3 Å². The molecule has 3 N–H and O–H groups in total. The molecule has 0 fully saturated rings. The van der Waals surface area contributed by atoms with E-state index < -0.39 is 17.6 Å². The zero-order chi connectivity index (χ0) is 34.6. The van der Waals surface area contributed by atoms with Crippen LogP contribution in [0.3, 0.4) is 0 Å². The maximum Gasteiger partial charge on any atom is 0.266 e. The number of azide groups is 1. The summed E-state index contributed by atoms with van der Waals surface area (Å²) in [7, 11) is 1.62. The third kappa shape index (κ3) is 8.64. The summed E-state index contributed by atoms with van der Waals surface area (Å²) in [6, 6.07) is 27.3. The monoisotopic (exact) mass is 702 g/mol. The van der Waals surface area contributed by atoms with Crippen molar-refractivity contribution >= 4 is 35.0 Å². The number of hydrogen-bond acceptors (Lipinski definition) is 8. The van der Waals surface area contributed by atoms with E-state index in [1.807, 2.05) is 48.5 Å². The number of hydrogen-bond donors (Lipinski definition) is 3. The average molecular weight is 704 g/mol. The number of hydrazine groups is 1. The third-order valence-electron chi connectivity index (χ3n) is 8.07. The molecule has 1 amide bonds. The first-order chi connectivity index (χ1) is 23.9. The molecule has 49 heavy (non-hydrogen) atoms. The Morgan fingerprint density at radius 3 is 2.49 bits per heavy atom. The van der Waals surface area contributed by atoms with Gasteiger partial charge in [0.25, 0.3) is 5.91 Å². The quantitative estimate of drug-likeness (QED) is 0.0379. The standard InChI is InChI=1S/C36H36Cl2N6O5/c1-47-32-10-5-4-7-24(32)17-18-40-43-35(46)36(22-26-8-2-3-9-27(26)23-41-44-39)33(30-16-13-28(37)21-31(30)38)49-34(42-36)25-11-14-29(15-12-25)48-20-6-19-45/h2-5,7-16,21,33,40,45H,6,17-20,22-23H2,1H3,(H,43,46)/t33-,36-/m0/s1. The normalized spacial score (nSPS) is 16.7. The predicted octanol–water partition coefficient (Wildman–Crippen LogP) is 6.94. The molecule has 1 heterocycles. The molecule has 0 spiro atoms. The lowest BCUT2D eigenvalue weighted by Crippen LogP contribution is -2.54. The van der Waals surface area contributed by atoms with Crippen LogP contribution in [0.2, 0.25) is 10.0 Å². The molecule has 0 aromatic heterocycles. The first-order valence-electron chi connectivity index (χ1n) is 15.7. The molecule has 13 heteroatoms. The lowest BCUT2D eigenvalue weighted by atomic mass is 9.81. The van der Waals surface area contributed by atoms with Crippen molar-refractivity contribution in [2.75, 3.05) is 26.9 Å². The molecule has 1 aliphatic rings. The molecule has 5 rings (SSSR count). The van der Waals surface area contributed by atoms with Crippen LogP contribution in [0.15, 0.2) is 101 Å². The minimum Gasteiger partial charge on any atom is -0.496 e. The molecule has 0 saturated carbocycles. The van der Waals surface area contributed by atoms with Gasteiger partial charge in [-0.1, -0.05) is 76.8 Å². The average Bonchev–Trinajstić information content (AvgIpc) is 3.50. The van der Waals surface area contributed by atoms with Crippen molar-refractivity contribution in [1.82, 2.24) is 10.9 Å². The van der Waals surface area contributed by atoms with Gasteiger partial charge < -0.3 is 19.3 Å². The molecule has 0 radical (unpaired) electrons. The Morgan fingerprint density at radius 2 is 1.78 bits per heavy atom. The zero-order valence-corrected chi connectivity index (χ0v) is 28.3. The molecule has 4 aromatic rings. The third-order valence-corrected chi connectivity index (χ3v) is 8.63. The fourth-order valence-corrected chi connectivity index (χ4v) is 6.12. The Morgan fingerprint density at radius 1 is 1.04 bits per heavy atom. The zero-order valence-electron chi connectivity index (χ0n) is 26.8. The lowest BCUT2D eigenvalue weighted by Gasteiger charge is -2.32. The molecule has 0 bridgehead atoms. The summed E-state index contributed by atoms with van der Waals surface area (Å²) in [6.07, 6.45) is 0.194. The molecule has 254 valence electrons. The van der Waals surface area contributed by atoms with E-state index in [2.05, 4.69) is 20.9 Å². The van der Waals surface area contributed by atoms with E-state index in [1.165, 1.54) is 0 Å². The van der Waals surface area contributed by atoms with Crippen molar-refractivity contribution in [3.8, 4) is 11.5 Å². The molecule has 1 aliphatic heterocycles. The Kier molecular flexibility index (Phi) is 12.4. The van der Waals surface area contributed by atoms with Gasteiger partial charge >= 0.3 is 0 Å². The molecule has 0 unspecified atom stereocenters. The van der Waals surface area contributed by atoms with Gasteiger partial charge in [-0.05, 0) is 71.1 Å². The van der Waals surface area contributed by atoms with Crippen LogP contribution in [0.25, 0.3) is 10.4 Å². The summed E-state index contributed by atoms with van der Waals surface area (Å²) in [5.74, 6) is 1.14. The smallest absolute Gasteiger partial charge is 0.266 e. The van der Waals surface area contributed by atoms with Crippen molar-refractivity contribution in [3.63, 3.8) is 0 Å². The van der Waals surface area contributed by atoms with E-state index in [0.717, 1.165) is 22.4 Å². The number of halogens is 2. The number of aliphatic hydroxyl groups is 1. The Hall–Kier alpha value is -4.77. The second kappa shape index (κ2) is 17.1. The number of nitrogens with zero attached hydrogens (tertiary/aromatic N) is 4. The van der Waals surface area contributed by atoms with Gasteiger partial charge in [-0.15, -0.1) is 0 Å². The van der Waals surface area contributed by atoms with Crippen LogP contribution in [0, 0.1) is 0 Å². The van der Waals surface area contributed by atoms with Crippen molar-refractivity contribution in [2.45, 2.75) is 37.5 Å². The van der Waals surface area contributed by atoms with Crippen LogP contribution in [-0.4, -0.2) is 49.3 Å². The number of amides is 1. The summed E-state index contributed by atoms with van der Waals surface area (Å²) < 4.78 is 17.8. The molecule has 4 aromatic carbocycles. The summed E-state index contributed by atoms with van der Waals surface area (Å²) in [6.45, 7) is 0.885. The van der Waals surface area contributed by atoms with E-state index >= 15 is 0 Å². The second-order valence-corrected chi connectivity index (χ2v) is 12.1. The molecular formula is C36H36Cl2N6O5. The highest BCUT2D eigenvalue weighted by Gasteiger charge is 2.54. The molecule has 11 nitrogen and oxygen atoms in total. The van der Waals surface area contributed by atoms with E-state index in [1.54, 1.807) is 49.6 Å². The fourth-order valence-electron chi connectivity index (χ4n) is 5.61. The Labute approximate surface area is 294 Å². The number of ether oxygens (including phenoxy) is 3. The summed E-state index contributed by atoms with van der Waals surface area (Å²) in [5, 5.41) is 13.6. The van der Waals surface area contributed by atoms with E-state index in [9.17, 15) is 4.79 Å². The number of carbonyl (C=O) groups excluding carboxylic acids is 1. The molecule has 0 saturated heterocycles. The van der Waals surface area contributed by atoms with Gasteiger partial charge in [-0.3, -0.25) is 10.2 Å². The lowest BCUT2D eigenvalue weighted by molar-refractivity contribution is -0.130. The number of para-hydroxylation sites is 1. The Bertz CT molecular complexity index is 1830. The van der Waals surface area contributed by atoms with Crippen LogP contribution in [-0.2, 0) is 28.9 Å². The highest BCUT2D eigenvalue weighted by atomic mass is 35.5. The number of aliphatic hydroxyl groups excluding tert-OH is 1. The predicted molar refractivity (Wildman–Crippen MR) is 189 cm³/mol. The number of nitrogens with one attached hydrogen (secondary N) is 2. The molecular weight excluding hydrogens is 667 g/mol. The maximum atomic E-state index is 14.6. The maximum absolute atomic E-state index is 14.6. The topological polar surface area (TPSA) is 150 Å². The van der Waals surface area contributed by atoms with Crippen LogP contribution in [0.4, 0.5) is 0 Å². The number of carbonyl (C=O) groups is 1. The van der Waals surface area contributed by atoms with E-state index in [0.29, 0.717) is 52.9 Å². The van der Waals surface area contributed by atoms with Crippen LogP contribution in [0.1, 0.15) is 40.3 Å². The SMILES string of the molecule is COc1ccccc1CCNNC(=O)[C@@]1(Cc2ccccc2CN=[N+]=[N-])N=C(c2ccc(OCCCO)cc2)O[C@H]1c1ccc(Cl)cc1Cl. The van der Waals surface area contributed by atoms with Crippen molar-refractivity contribution in [3.05, 3.63) is 139 Å². The summed E-state index contributed by atoms with van der Waals surface area (Å²) in [5.41, 5.74) is 17.0. The number of methoxy groups -OCH3 is 1. The number of benzene rings is 4. The first kappa shape index (κ1) is 35.5. The minimum absolute atomic E-state index is 0.0306. The first-order valence-corrected chi connectivity index (χ1v) is 16.4. The fraction of sp³-hybridized carbons (Fsp3) is 0.278. The highest BCUT2D eigenvalue weighted by molar-refractivity contribution is 6.35. The largest absolute Gasteiger partial charge is 0.496 e. The molecule has 0 aliphatic carbocycles. The molecule has 2 atom stereocenters. The van der Waals surface area contributed by atoms with Gasteiger partial charge in [-0.2, -0.15) is 0 Å². The number of aliphatic imine (C=N–C) groups is 1. The summed E-state index contributed by atoms with van der Waals surface area (Å²) in [4.78, 5) is 22.6. The second-order valence-electron chi connectivity index (χ2n) is 11.2. The van der Waals surface area contributed by atoms with Crippen LogP contribution < -0.4 is 20.3 Å². The van der Waals surface area contributed by atoms with Gasteiger partial charge in [0, 0.05) is 52.1 Å². The van der Waals surface area contributed by atoms with Crippen molar-refractivity contribution in [2.24, 2.45) is 10.1 Å². The van der Waals surface area contributed by atoms with Gasteiger partial charge in [-0.25, -0.2) is 10.4 Å². The van der Waals surface area contributed by atoms with Crippen LogP contribution >= 0.6 is 23.2 Å². The van der Waals surface area contributed by atoms with Gasteiger partial charge in [0.1, 0.15) is 11.5 Å². The summed E-state index contributed by atoms with van der Waals surface area (Å²) >= 11 is 13.1. The van der Waals surface area contributed by atoms with Crippen LogP contribution in [0.5, 0.6) is 11.5 Å². The van der Waals surface area contributed by atoms with E-state index in [-0.39, 0.29) is 25.5 Å². The van der Waals surface area contributed by atoms with Crippen molar-refractivity contribution in [1.29, 1.82) is 0 Å². The number of rotatable bonds is 16. The van der Waals surface area contributed by atoms with Gasteiger partial charge in [0.2, 0.25) is 5.90 Å².